The van der Waals surface area contributed by atoms with E-state index in [-0.39, 0.29) is 17.5 Å². The highest BCUT2D eigenvalue weighted by molar-refractivity contribution is 6.30. The van der Waals surface area contributed by atoms with Crippen molar-refractivity contribution >= 4 is 11.6 Å². The second-order valence-corrected chi connectivity index (χ2v) is 4.55. The van der Waals surface area contributed by atoms with E-state index in [0.717, 1.165) is 12.0 Å². The average molecular weight is 231 g/mol. The summed E-state index contributed by atoms with van der Waals surface area (Å²) in [6.45, 7) is 4.27. The Morgan fingerprint density at radius 3 is 2.53 bits per heavy atom. The second kappa shape index (κ2) is 5.47. The Balaban J connectivity index is 2.75. The summed E-state index contributed by atoms with van der Waals surface area (Å²) in [6.07, 6.45) is 0.730. The van der Waals surface area contributed by atoms with Gasteiger partial charge in [0.1, 0.15) is 5.82 Å². The largest absolute Gasteiger partial charge is 0.396 e. The van der Waals surface area contributed by atoms with Gasteiger partial charge in [0, 0.05) is 6.61 Å². The van der Waals surface area contributed by atoms with Gasteiger partial charge in [0.25, 0.3) is 0 Å². The van der Waals surface area contributed by atoms with E-state index >= 15 is 0 Å². The van der Waals surface area contributed by atoms with E-state index in [1.807, 2.05) is 0 Å². The summed E-state index contributed by atoms with van der Waals surface area (Å²) >= 11 is 5.68. The number of halogens is 2. The van der Waals surface area contributed by atoms with Crippen LogP contribution >= 0.6 is 11.6 Å². The van der Waals surface area contributed by atoms with Crippen LogP contribution in [0.2, 0.25) is 5.02 Å². The van der Waals surface area contributed by atoms with Crippen molar-refractivity contribution in [3.05, 3.63) is 34.6 Å². The number of hydrogen-bond donors (Lipinski definition) is 1. The number of aliphatic hydroxyl groups is 1. The number of benzene rings is 1. The molecule has 84 valence electrons. The van der Waals surface area contributed by atoms with Crippen LogP contribution in [-0.2, 0) is 6.42 Å². The van der Waals surface area contributed by atoms with Crippen molar-refractivity contribution < 1.29 is 9.50 Å². The minimum atomic E-state index is -0.398. The van der Waals surface area contributed by atoms with Crippen molar-refractivity contribution in [2.45, 2.75) is 20.3 Å². The summed E-state index contributed by atoms with van der Waals surface area (Å²) in [5, 5.41) is 9.32. The molecule has 0 aliphatic heterocycles. The second-order valence-electron chi connectivity index (χ2n) is 4.14. The average Bonchev–Trinajstić information content (AvgIpc) is 2.19. The van der Waals surface area contributed by atoms with Gasteiger partial charge in [0.05, 0.1) is 5.02 Å². The van der Waals surface area contributed by atoms with Gasteiger partial charge in [-0.1, -0.05) is 31.5 Å². The monoisotopic (exact) mass is 230 g/mol. The minimum absolute atomic E-state index is 0.145. The van der Waals surface area contributed by atoms with Gasteiger partial charge in [-0.05, 0) is 36.0 Å². The summed E-state index contributed by atoms with van der Waals surface area (Å²) in [7, 11) is 0. The maximum Gasteiger partial charge on any atom is 0.141 e. The lowest BCUT2D eigenvalue weighted by Gasteiger charge is -2.18. The summed E-state index contributed by atoms with van der Waals surface area (Å²) in [6, 6.07) is 4.71. The van der Waals surface area contributed by atoms with Crippen LogP contribution < -0.4 is 0 Å². The van der Waals surface area contributed by atoms with E-state index < -0.39 is 5.82 Å². The van der Waals surface area contributed by atoms with Crippen LogP contribution in [0.3, 0.4) is 0 Å². The highest BCUT2D eigenvalue weighted by Crippen LogP contribution is 2.21. The van der Waals surface area contributed by atoms with E-state index in [2.05, 4.69) is 13.8 Å². The zero-order chi connectivity index (χ0) is 11.4. The molecule has 1 rings (SSSR count). The Hall–Kier alpha value is -0.600. The van der Waals surface area contributed by atoms with E-state index in [4.69, 9.17) is 11.6 Å². The molecule has 1 nitrogen and oxygen atoms in total. The quantitative estimate of drug-likeness (QED) is 0.842. The van der Waals surface area contributed by atoms with Crippen LogP contribution in [0.15, 0.2) is 18.2 Å². The third-order valence-electron chi connectivity index (χ3n) is 2.66. The summed E-state index contributed by atoms with van der Waals surface area (Å²) in [5.74, 6) is 0.205. The third kappa shape index (κ3) is 3.47. The van der Waals surface area contributed by atoms with Gasteiger partial charge in [-0.2, -0.15) is 0 Å². The Bertz CT molecular complexity index is 325. The van der Waals surface area contributed by atoms with Gasteiger partial charge < -0.3 is 5.11 Å². The molecule has 15 heavy (non-hydrogen) atoms. The highest BCUT2D eigenvalue weighted by atomic mass is 35.5. The number of hydrogen-bond acceptors (Lipinski definition) is 1. The van der Waals surface area contributed by atoms with E-state index in [1.54, 1.807) is 12.1 Å². The van der Waals surface area contributed by atoms with Crippen LogP contribution in [-0.4, -0.2) is 11.7 Å². The lowest BCUT2D eigenvalue weighted by atomic mass is 9.90. The molecule has 1 unspecified atom stereocenters. The van der Waals surface area contributed by atoms with Crippen molar-refractivity contribution in [2.75, 3.05) is 6.61 Å². The Morgan fingerprint density at radius 2 is 2.07 bits per heavy atom. The molecule has 3 heteroatoms. The molecule has 0 radical (unpaired) electrons. The highest BCUT2D eigenvalue weighted by Gasteiger charge is 2.13. The standard InChI is InChI=1S/C12H16ClFO/c1-8(2)10(7-15)5-9-3-4-12(14)11(13)6-9/h3-4,6,8,10,15H,5,7H2,1-2H3. The molecule has 0 aromatic heterocycles. The Kier molecular flexibility index (Phi) is 4.55. The zero-order valence-corrected chi connectivity index (χ0v) is 9.76. The van der Waals surface area contributed by atoms with Crippen LogP contribution in [0.5, 0.6) is 0 Å². The molecule has 1 atom stereocenters. The first kappa shape index (κ1) is 12.5. The number of aliphatic hydroxyl groups excluding tert-OH is 1. The molecule has 1 N–H and O–H groups in total. The topological polar surface area (TPSA) is 20.2 Å². The first-order chi connectivity index (χ1) is 7.04. The molecule has 1 aromatic rings. The molecule has 0 saturated heterocycles. The fraction of sp³-hybridized carbons (Fsp3) is 0.500. The minimum Gasteiger partial charge on any atom is -0.396 e. The summed E-state index contributed by atoms with van der Waals surface area (Å²) in [5.41, 5.74) is 0.967. The van der Waals surface area contributed by atoms with Gasteiger partial charge >= 0.3 is 0 Å². The molecule has 0 amide bonds. The van der Waals surface area contributed by atoms with Crippen LogP contribution in [0.1, 0.15) is 19.4 Å². The van der Waals surface area contributed by atoms with Crippen molar-refractivity contribution in [1.29, 1.82) is 0 Å². The molecule has 0 bridgehead atoms. The Morgan fingerprint density at radius 1 is 1.40 bits per heavy atom. The number of rotatable bonds is 4. The molecule has 0 saturated carbocycles. The van der Waals surface area contributed by atoms with Crippen molar-refractivity contribution in [2.24, 2.45) is 11.8 Å². The van der Waals surface area contributed by atoms with Gasteiger partial charge in [0.2, 0.25) is 0 Å². The summed E-state index contributed by atoms with van der Waals surface area (Å²) in [4.78, 5) is 0. The predicted octanol–water partition coefficient (Wildman–Crippen LogP) is 3.29. The first-order valence-electron chi connectivity index (χ1n) is 5.09. The molecule has 0 heterocycles. The van der Waals surface area contributed by atoms with Crippen molar-refractivity contribution in [1.82, 2.24) is 0 Å². The molecule has 1 aromatic carbocycles. The van der Waals surface area contributed by atoms with Crippen LogP contribution in [0.25, 0.3) is 0 Å². The van der Waals surface area contributed by atoms with Crippen LogP contribution in [0.4, 0.5) is 4.39 Å². The molecular formula is C12H16ClFO. The predicted molar refractivity (Wildman–Crippen MR) is 60.5 cm³/mol. The fourth-order valence-corrected chi connectivity index (χ4v) is 1.68. The van der Waals surface area contributed by atoms with Gasteiger partial charge in [-0.25, -0.2) is 4.39 Å². The van der Waals surface area contributed by atoms with E-state index in [1.165, 1.54) is 6.07 Å². The SMILES string of the molecule is CC(C)C(CO)Cc1ccc(F)c(Cl)c1. The molecule has 0 aliphatic carbocycles. The third-order valence-corrected chi connectivity index (χ3v) is 2.95. The van der Waals surface area contributed by atoms with Gasteiger partial charge in [0.15, 0.2) is 0 Å². The zero-order valence-electron chi connectivity index (χ0n) is 9.00. The summed E-state index contributed by atoms with van der Waals surface area (Å²) < 4.78 is 12.9. The molecule has 0 spiro atoms. The van der Waals surface area contributed by atoms with Gasteiger partial charge in [-0.3, -0.25) is 0 Å². The lowest BCUT2D eigenvalue weighted by Crippen LogP contribution is -2.16. The van der Waals surface area contributed by atoms with Crippen LogP contribution in [0, 0.1) is 17.7 Å². The fourth-order valence-electron chi connectivity index (χ4n) is 1.48. The van der Waals surface area contributed by atoms with E-state index in [0.29, 0.717) is 5.92 Å². The normalized spacial score (nSPS) is 13.2. The molecular weight excluding hydrogens is 215 g/mol. The van der Waals surface area contributed by atoms with Gasteiger partial charge in [-0.15, -0.1) is 0 Å². The smallest absolute Gasteiger partial charge is 0.141 e. The first-order valence-corrected chi connectivity index (χ1v) is 5.47. The van der Waals surface area contributed by atoms with E-state index in [9.17, 15) is 9.50 Å². The van der Waals surface area contributed by atoms with Crippen molar-refractivity contribution in [3.8, 4) is 0 Å². The maximum atomic E-state index is 12.9. The maximum absolute atomic E-state index is 12.9. The molecule has 0 aliphatic rings. The lowest BCUT2D eigenvalue weighted by molar-refractivity contribution is 0.189. The van der Waals surface area contributed by atoms with Crippen molar-refractivity contribution in [3.63, 3.8) is 0 Å². The molecule has 0 fully saturated rings. The Labute approximate surface area is 94.9 Å².